The summed E-state index contributed by atoms with van der Waals surface area (Å²) in [6, 6.07) is 3.10. The van der Waals surface area contributed by atoms with Crippen LogP contribution in [0.1, 0.15) is 24.8 Å². The molecule has 2 N–H and O–H groups in total. The maximum atomic E-state index is 12.0. The zero-order valence-electron chi connectivity index (χ0n) is 9.11. The molecule has 3 nitrogen and oxygen atoms in total. The van der Waals surface area contributed by atoms with Gasteiger partial charge < -0.3 is 10.6 Å². The van der Waals surface area contributed by atoms with Crippen LogP contribution >= 0.6 is 11.3 Å². The Morgan fingerprint density at radius 1 is 1.56 bits per heavy atom. The van der Waals surface area contributed by atoms with Crippen LogP contribution in [0.3, 0.4) is 0 Å². The predicted molar refractivity (Wildman–Crippen MR) is 64.2 cm³/mol. The van der Waals surface area contributed by atoms with E-state index in [1.807, 2.05) is 5.38 Å². The second kappa shape index (κ2) is 4.18. The number of rotatable bonds is 3. The fourth-order valence-corrected chi connectivity index (χ4v) is 3.50. The Balaban J connectivity index is 1.54. The van der Waals surface area contributed by atoms with Crippen molar-refractivity contribution in [3.8, 4) is 0 Å². The van der Waals surface area contributed by atoms with Gasteiger partial charge in [-0.3, -0.25) is 4.79 Å². The van der Waals surface area contributed by atoms with Gasteiger partial charge in [-0.25, -0.2) is 0 Å². The van der Waals surface area contributed by atoms with Crippen LogP contribution in [0.4, 0.5) is 0 Å². The summed E-state index contributed by atoms with van der Waals surface area (Å²) in [5.41, 5.74) is 1.20. The van der Waals surface area contributed by atoms with Gasteiger partial charge in [0.15, 0.2) is 0 Å². The summed E-state index contributed by atoms with van der Waals surface area (Å²) < 4.78 is 0. The molecule has 0 spiro atoms. The molecule has 1 aromatic heterocycles. The molecule has 0 aromatic carbocycles. The number of fused-ring (bicyclic) bond motifs is 2. The van der Waals surface area contributed by atoms with E-state index in [0.717, 1.165) is 6.42 Å². The molecular weight excluding hydrogens is 220 g/mol. The number of carbonyl (C=O) groups is 1. The van der Waals surface area contributed by atoms with Crippen molar-refractivity contribution in [2.75, 3.05) is 0 Å². The average molecular weight is 236 g/mol. The van der Waals surface area contributed by atoms with Gasteiger partial charge in [-0.2, -0.15) is 11.3 Å². The largest absolute Gasteiger partial charge is 0.352 e. The normalized spacial score (nSPS) is 31.9. The quantitative estimate of drug-likeness (QED) is 0.835. The number of amides is 1. The molecule has 86 valence electrons. The Kier molecular flexibility index (Phi) is 2.69. The highest BCUT2D eigenvalue weighted by molar-refractivity contribution is 7.07. The number of carbonyl (C=O) groups excluding carboxylic acids is 1. The third-order valence-corrected chi connectivity index (χ3v) is 4.42. The predicted octanol–water partition coefficient (Wildman–Crippen LogP) is 1.50. The van der Waals surface area contributed by atoms with Gasteiger partial charge in [-0.05, 0) is 41.7 Å². The van der Waals surface area contributed by atoms with Gasteiger partial charge in [0.25, 0.3) is 0 Å². The average Bonchev–Trinajstić information content (AvgIpc) is 3.01. The van der Waals surface area contributed by atoms with Crippen molar-refractivity contribution in [1.82, 2.24) is 10.6 Å². The molecule has 0 radical (unpaired) electrons. The minimum atomic E-state index is 0.206. The molecule has 0 aliphatic carbocycles. The SMILES string of the molecule is O=C(NCc1ccsc1)C1CC2CCC1N2. The fraction of sp³-hybridized carbons (Fsp3) is 0.583. The highest BCUT2D eigenvalue weighted by Crippen LogP contribution is 2.33. The van der Waals surface area contributed by atoms with Gasteiger partial charge >= 0.3 is 0 Å². The summed E-state index contributed by atoms with van der Waals surface area (Å²) in [6.07, 6.45) is 3.44. The second-order valence-electron chi connectivity index (χ2n) is 4.74. The zero-order chi connectivity index (χ0) is 11.0. The maximum absolute atomic E-state index is 12.0. The van der Waals surface area contributed by atoms with Gasteiger partial charge in [-0.1, -0.05) is 0 Å². The molecule has 2 bridgehead atoms. The lowest BCUT2D eigenvalue weighted by Crippen LogP contribution is -2.37. The summed E-state index contributed by atoms with van der Waals surface area (Å²) >= 11 is 1.67. The Morgan fingerprint density at radius 2 is 2.50 bits per heavy atom. The van der Waals surface area contributed by atoms with E-state index in [9.17, 15) is 4.79 Å². The highest BCUT2D eigenvalue weighted by atomic mass is 32.1. The topological polar surface area (TPSA) is 41.1 Å². The van der Waals surface area contributed by atoms with E-state index in [2.05, 4.69) is 22.1 Å². The fourth-order valence-electron chi connectivity index (χ4n) is 2.83. The van der Waals surface area contributed by atoms with Crippen LogP contribution in [0.2, 0.25) is 0 Å². The van der Waals surface area contributed by atoms with E-state index in [-0.39, 0.29) is 11.8 Å². The second-order valence-corrected chi connectivity index (χ2v) is 5.52. The van der Waals surface area contributed by atoms with Gasteiger partial charge in [0, 0.05) is 18.6 Å². The molecule has 3 atom stereocenters. The molecule has 3 rings (SSSR count). The first kappa shape index (κ1) is 10.3. The van der Waals surface area contributed by atoms with E-state index >= 15 is 0 Å². The number of nitrogens with one attached hydrogen (secondary N) is 2. The summed E-state index contributed by atoms with van der Waals surface area (Å²) in [7, 11) is 0. The molecule has 1 aromatic rings. The minimum absolute atomic E-state index is 0.206. The van der Waals surface area contributed by atoms with E-state index < -0.39 is 0 Å². The zero-order valence-corrected chi connectivity index (χ0v) is 9.93. The van der Waals surface area contributed by atoms with Crippen LogP contribution < -0.4 is 10.6 Å². The molecule has 1 amide bonds. The standard InChI is InChI=1S/C12H16N2OS/c15-12(13-6-8-3-4-16-7-8)10-5-9-1-2-11(10)14-9/h3-4,7,9-11,14H,1-2,5-6H2,(H,13,15). The smallest absolute Gasteiger partial charge is 0.225 e. The summed E-state index contributed by atoms with van der Waals surface area (Å²) in [5.74, 6) is 0.434. The van der Waals surface area contributed by atoms with Crippen LogP contribution in [0.5, 0.6) is 0 Å². The third-order valence-electron chi connectivity index (χ3n) is 3.68. The first-order chi connectivity index (χ1) is 7.83. The Labute approximate surface area is 99.2 Å². The summed E-state index contributed by atoms with van der Waals surface area (Å²) in [4.78, 5) is 12.0. The van der Waals surface area contributed by atoms with Gasteiger partial charge in [0.05, 0.1) is 5.92 Å². The molecule has 16 heavy (non-hydrogen) atoms. The van der Waals surface area contributed by atoms with Crippen LogP contribution in [0, 0.1) is 5.92 Å². The van der Waals surface area contributed by atoms with Crippen molar-refractivity contribution in [3.05, 3.63) is 22.4 Å². The van der Waals surface area contributed by atoms with Crippen molar-refractivity contribution in [2.24, 2.45) is 5.92 Å². The number of hydrogen-bond donors (Lipinski definition) is 2. The summed E-state index contributed by atoms with van der Waals surface area (Å²) in [5, 5.41) is 10.7. The first-order valence-electron chi connectivity index (χ1n) is 5.88. The van der Waals surface area contributed by atoms with Gasteiger partial charge in [-0.15, -0.1) is 0 Å². The lowest BCUT2D eigenvalue weighted by atomic mass is 9.88. The van der Waals surface area contributed by atoms with Crippen LogP contribution in [-0.4, -0.2) is 18.0 Å². The van der Waals surface area contributed by atoms with E-state index in [1.165, 1.54) is 18.4 Å². The van der Waals surface area contributed by atoms with E-state index in [4.69, 9.17) is 0 Å². The number of thiophene rings is 1. The monoisotopic (exact) mass is 236 g/mol. The summed E-state index contributed by atoms with van der Waals surface area (Å²) in [6.45, 7) is 0.677. The van der Waals surface area contributed by atoms with Crippen molar-refractivity contribution < 1.29 is 4.79 Å². The van der Waals surface area contributed by atoms with Crippen LogP contribution in [0.15, 0.2) is 16.8 Å². The van der Waals surface area contributed by atoms with Crippen molar-refractivity contribution in [3.63, 3.8) is 0 Å². The Hall–Kier alpha value is -0.870. The van der Waals surface area contributed by atoms with E-state index in [0.29, 0.717) is 18.6 Å². The lowest BCUT2D eigenvalue weighted by Gasteiger charge is -2.19. The Morgan fingerprint density at radius 3 is 3.12 bits per heavy atom. The molecule has 2 aliphatic heterocycles. The van der Waals surface area contributed by atoms with Crippen molar-refractivity contribution >= 4 is 17.2 Å². The molecule has 2 fully saturated rings. The Bertz CT molecular complexity index is 376. The van der Waals surface area contributed by atoms with Gasteiger partial charge in [0.1, 0.15) is 0 Å². The van der Waals surface area contributed by atoms with Crippen molar-refractivity contribution in [2.45, 2.75) is 37.9 Å². The van der Waals surface area contributed by atoms with Crippen molar-refractivity contribution in [1.29, 1.82) is 0 Å². The molecule has 2 saturated heterocycles. The molecule has 3 heterocycles. The van der Waals surface area contributed by atoms with E-state index in [1.54, 1.807) is 11.3 Å². The molecular formula is C12H16N2OS. The molecule has 2 aliphatic rings. The molecule has 3 unspecified atom stereocenters. The van der Waals surface area contributed by atoms with Crippen LogP contribution in [0.25, 0.3) is 0 Å². The highest BCUT2D eigenvalue weighted by Gasteiger charge is 2.42. The molecule has 4 heteroatoms. The third kappa shape index (κ3) is 1.87. The van der Waals surface area contributed by atoms with Crippen LogP contribution in [-0.2, 0) is 11.3 Å². The van der Waals surface area contributed by atoms with Gasteiger partial charge in [0.2, 0.25) is 5.91 Å². The maximum Gasteiger partial charge on any atom is 0.225 e. The minimum Gasteiger partial charge on any atom is -0.352 e. The lowest BCUT2D eigenvalue weighted by molar-refractivity contribution is -0.125. The first-order valence-corrected chi connectivity index (χ1v) is 6.82. The number of hydrogen-bond acceptors (Lipinski definition) is 3. The molecule has 0 saturated carbocycles.